The molecule has 0 nitrogen and oxygen atoms in total. The molecule has 0 aliphatic carbocycles. The molecule has 0 unspecified atom stereocenters. The Morgan fingerprint density at radius 2 is 0.852 bits per heavy atom. The van der Waals surface area contributed by atoms with Crippen molar-refractivity contribution in [3.05, 3.63) is 126 Å². The van der Waals surface area contributed by atoms with Crippen molar-refractivity contribution in [2.75, 3.05) is 0 Å². The first kappa shape index (κ1) is 17.8. The number of hydrogen-bond acceptors (Lipinski definition) is 0. The van der Waals surface area contributed by atoms with Gasteiger partial charge in [-0.2, -0.15) is 0 Å². The number of aryl methyl sites for hydroxylation is 1. The normalized spacial score (nSPS) is 11.3. The second kappa shape index (κ2) is 7.99. The third-order valence-corrected chi connectivity index (χ3v) is 14.4. The molecule has 0 atom stereocenters. The fourth-order valence-electron chi connectivity index (χ4n) is 3.81. The summed E-state index contributed by atoms with van der Waals surface area (Å²) in [5, 5.41) is 1.10. The molecule has 0 aliphatic rings. The van der Waals surface area contributed by atoms with Gasteiger partial charge in [-0.3, -0.25) is 0 Å². The van der Waals surface area contributed by atoms with Gasteiger partial charge in [0.1, 0.15) is 0 Å². The van der Waals surface area contributed by atoms with Gasteiger partial charge in [0.05, 0.1) is 0 Å². The van der Waals surface area contributed by atoms with E-state index >= 15 is 0 Å². The van der Waals surface area contributed by atoms with Gasteiger partial charge in [-0.05, 0) is 0 Å². The average Bonchev–Trinajstić information content (AvgIpc) is 2.75. The van der Waals surface area contributed by atoms with Crippen molar-refractivity contribution < 1.29 is 0 Å². The molecule has 4 rings (SSSR count). The van der Waals surface area contributed by atoms with Crippen molar-refractivity contribution in [2.45, 2.75) is 12.1 Å². The van der Waals surface area contributed by atoms with E-state index in [1.807, 2.05) is 0 Å². The van der Waals surface area contributed by atoms with E-state index in [9.17, 15) is 0 Å². The van der Waals surface area contributed by atoms with Crippen LogP contribution in [0.4, 0.5) is 0 Å². The SMILES string of the molecule is Cc1ccccc1C[As](c1ccccc1)(c1ccccc1)c1ccccc1. The molecule has 1 heteroatoms. The van der Waals surface area contributed by atoms with Gasteiger partial charge in [-0.15, -0.1) is 0 Å². The second-order valence-electron chi connectivity index (χ2n) is 6.90. The Bertz CT molecular complexity index is 895. The molecule has 4 aromatic carbocycles. The molecule has 4 aromatic rings. The fraction of sp³-hybridized carbons (Fsp3) is 0.0769. The zero-order chi connectivity index (χ0) is 18.5. The molecule has 0 bridgehead atoms. The van der Waals surface area contributed by atoms with Gasteiger partial charge in [-0.25, -0.2) is 0 Å². The van der Waals surface area contributed by atoms with Crippen LogP contribution in [0.1, 0.15) is 11.1 Å². The first-order valence-corrected chi connectivity index (χ1v) is 13.5. The van der Waals surface area contributed by atoms with Crippen LogP contribution in [0.25, 0.3) is 0 Å². The Hall–Kier alpha value is -2.56. The average molecular weight is 411 g/mol. The van der Waals surface area contributed by atoms with Crippen molar-refractivity contribution in [2.24, 2.45) is 0 Å². The minimum absolute atomic E-state index is 1.10. The van der Waals surface area contributed by atoms with Crippen LogP contribution in [0.5, 0.6) is 0 Å². The maximum atomic E-state index is 2.34. The summed E-state index contributed by atoms with van der Waals surface area (Å²) in [7, 11) is 0. The first-order chi connectivity index (χ1) is 13.3. The molecular weight excluding hydrogens is 387 g/mol. The topological polar surface area (TPSA) is 0 Å². The zero-order valence-corrected chi connectivity index (χ0v) is 17.5. The molecule has 0 saturated carbocycles. The van der Waals surface area contributed by atoms with Gasteiger partial charge in [0, 0.05) is 0 Å². The summed E-state index contributed by atoms with van der Waals surface area (Å²) in [6, 6.07) is 42.4. The van der Waals surface area contributed by atoms with E-state index in [4.69, 9.17) is 0 Å². The van der Waals surface area contributed by atoms with Crippen LogP contribution in [-0.4, -0.2) is 13.6 Å². The molecule has 0 heterocycles. The van der Waals surface area contributed by atoms with E-state index in [1.165, 1.54) is 24.2 Å². The molecule has 0 fully saturated rings. The van der Waals surface area contributed by atoms with Crippen molar-refractivity contribution >= 4 is 26.6 Å². The summed E-state index contributed by atoms with van der Waals surface area (Å²) in [6.07, 6.45) is 0. The molecule has 0 spiro atoms. The summed E-state index contributed by atoms with van der Waals surface area (Å²) in [5.41, 5.74) is 2.84. The van der Waals surface area contributed by atoms with Crippen LogP contribution < -0.4 is 13.1 Å². The quantitative estimate of drug-likeness (QED) is 0.431. The molecule has 0 aromatic heterocycles. The van der Waals surface area contributed by atoms with Crippen LogP contribution in [0, 0.1) is 6.92 Å². The molecule has 0 saturated heterocycles. The molecule has 0 N–H and O–H groups in total. The third-order valence-electron chi connectivity index (χ3n) is 5.26. The standard InChI is InChI=1S/C26H24As/c1-22-13-11-12-14-23(22)21-27(24-15-5-2-6-16-24,25-17-7-3-8-18-25)26-19-9-4-10-20-26/h2-20H,21H2,1H3. The Morgan fingerprint density at radius 3 is 1.26 bits per heavy atom. The predicted octanol–water partition coefficient (Wildman–Crippen LogP) is 4.25. The van der Waals surface area contributed by atoms with Gasteiger partial charge in [-0.1, -0.05) is 0 Å². The Balaban J connectivity index is 2.02. The Morgan fingerprint density at radius 1 is 0.481 bits per heavy atom. The first-order valence-electron chi connectivity index (χ1n) is 9.40. The Labute approximate surface area is 165 Å². The van der Waals surface area contributed by atoms with Crippen LogP contribution in [-0.2, 0) is 5.21 Å². The predicted molar refractivity (Wildman–Crippen MR) is 119 cm³/mol. The summed E-state index contributed by atoms with van der Waals surface area (Å²) >= 11 is -2.66. The van der Waals surface area contributed by atoms with E-state index in [2.05, 4.69) is 122 Å². The summed E-state index contributed by atoms with van der Waals surface area (Å²) in [6.45, 7) is 2.24. The molecule has 0 amide bonds. The van der Waals surface area contributed by atoms with E-state index in [0.29, 0.717) is 0 Å². The van der Waals surface area contributed by atoms with E-state index < -0.39 is 13.6 Å². The number of rotatable bonds is 5. The van der Waals surface area contributed by atoms with E-state index in [0.717, 1.165) is 5.21 Å². The summed E-state index contributed by atoms with van der Waals surface area (Å²) in [5.74, 6) is 0. The van der Waals surface area contributed by atoms with Crippen molar-refractivity contribution in [1.29, 1.82) is 0 Å². The van der Waals surface area contributed by atoms with Crippen molar-refractivity contribution in [3.8, 4) is 0 Å². The van der Waals surface area contributed by atoms with E-state index in [-0.39, 0.29) is 0 Å². The monoisotopic (exact) mass is 411 g/mol. The summed E-state index contributed by atoms with van der Waals surface area (Å²) < 4.78 is 4.49. The molecule has 1 radical (unpaired) electrons. The summed E-state index contributed by atoms with van der Waals surface area (Å²) in [4.78, 5) is 0. The van der Waals surface area contributed by atoms with Crippen molar-refractivity contribution in [1.82, 2.24) is 0 Å². The van der Waals surface area contributed by atoms with Crippen LogP contribution in [0.15, 0.2) is 115 Å². The second-order valence-corrected chi connectivity index (χ2v) is 14.2. The fourth-order valence-corrected chi connectivity index (χ4v) is 12.9. The number of hydrogen-bond donors (Lipinski definition) is 0. The number of benzene rings is 4. The van der Waals surface area contributed by atoms with Crippen LogP contribution >= 0.6 is 0 Å². The van der Waals surface area contributed by atoms with Gasteiger partial charge < -0.3 is 0 Å². The van der Waals surface area contributed by atoms with E-state index in [1.54, 1.807) is 0 Å². The minimum atomic E-state index is -2.66. The van der Waals surface area contributed by atoms with Gasteiger partial charge >= 0.3 is 165 Å². The molecule has 133 valence electrons. The van der Waals surface area contributed by atoms with Crippen molar-refractivity contribution in [3.63, 3.8) is 0 Å². The Kier molecular flexibility index (Phi) is 5.28. The third kappa shape index (κ3) is 3.51. The molecule has 27 heavy (non-hydrogen) atoms. The van der Waals surface area contributed by atoms with Crippen LogP contribution in [0.3, 0.4) is 0 Å². The zero-order valence-electron chi connectivity index (χ0n) is 15.6. The van der Waals surface area contributed by atoms with Crippen LogP contribution in [0.2, 0.25) is 0 Å². The maximum absolute atomic E-state index is 2.66. The van der Waals surface area contributed by atoms with Gasteiger partial charge in [0.25, 0.3) is 0 Å². The molecular formula is C26H24As. The van der Waals surface area contributed by atoms with Gasteiger partial charge in [0.15, 0.2) is 0 Å². The van der Waals surface area contributed by atoms with Gasteiger partial charge in [0.2, 0.25) is 0 Å². The molecule has 0 aliphatic heterocycles.